The molecule has 0 amide bonds. The summed E-state index contributed by atoms with van der Waals surface area (Å²) in [5.74, 6) is 0. The average Bonchev–Trinajstić information content (AvgIpc) is 2.66. The van der Waals surface area contributed by atoms with Gasteiger partial charge in [0.15, 0.2) is 0 Å². The molecule has 134 valence electrons. The van der Waals surface area contributed by atoms with Crippen molar-refractivity contribution < 1.29 is 4.42 Å². The van der Waals surface area contributed by atoms with Gasteiger partial charge in [0.25, 0.3) is 0 Å². The predicted octanol–water partition coefficient (Wildman–Crippen LogP) is 3.73. The Morgan fingerprint density at radius 1 is 0.962 bits per heavy atom. The first-order chi connectivity index (χ1) is 12.6. The third kappa shape index (κ3) is 3.25. The van der Waals surface area contributed by atoms with E-state index in [1.807, 2.05) is 13.8 Å². The number of hydrogen-bond acceptors (Lipinski definition) is 4. The molecular weight excluding hydrogens is 324 g/mol. The second-order valence-electron chi connectivity index (χ2n) is 7.07. The van der Waals surface area contributed by atoms with Crippen molar-refractivity contribution in [3.63, 3.8) is 0 Å². The maximum atomic E-state index is 12.1. The van der Waals surface area contributed by atoms with Gasteiger partial charge in [-0.05, 0) is 42.7 Å². The Kier molecular flexibility index (Phi) is 4.51. The highest BCUT2D eigenvalue weighted by molar-refractivity contribution is 5.83. The van der Waals surface area contributed by atoms with E-state index in [-0.39, 0.29) is 5.63 Å². The fourth-order valence-corrected chi connectivity index (χ4v) is 3.70. The summed E-state index contributed by atoms with van der Waals surface area (Å²) in [6.07, 6.45) is 0. The van der Waals surface area contributed by atoms with E-state index < -0.39 is 0 Å². The molecule has 3 aromatic rings. The quantitative estimate of drug-likeness (QED) is 0.676. The first-order valence-electron chi connectivity index (χ1n) is 9.17. The summed E-state index contributed by atoms with van der Waals surface area (Å²) in [6, 6.07) is 16.4. The molecule has 0 aliphatic carbocycles. The summed E-state index contributed by atoms with van der Waals surface area (Å²) in [5, 5.41) is 1.05. The van der Waals surface area contributed by atoms with Crippen LogP contribution >= 0.6 is 0 Å². The zero-order valence-corrected chi connectivity index (χ0v) is 15.4. The predicted molar refractivity (Wildman–Crippen MR) is 106 cm³/mol. The normalized spacial score (nSPS) is 15.5. The number of hydrogen-bond donors (Lipinski definition) is 0. The highest BCUT2D eigenvalue weighted by atomic mass is 16.4. The van der Waals surface area contributed by atoms with Gasteiger partial charge in [-0.3, -0.25) is 4.90 Å². The van der Waals surface area contributed by atoms with E-state index in [0.29, 0.717) is 0 Å². The van der Waals surface area contributed by atoms with Gasteiger partial charge in [-0.1, -0.05) is 30.3 Å². The number of para-hydroxylation sites is 1. The Morgan fingerprint density at radius 2 is 1.69 bits per heavy atom. The van der Waals surface area contributed by atoms with E-state index in [2.05, 4.69) is 52.3 Å². The molecule has 1 aliphatic rings. The Labute approximate surface area is 153 Å². The molecule has 0 spiro atoms. The number of piperazine rings is 1. The molecule has 0 N–H and O–H groups in total. The van der Waals surface area contributed by atoms with Crippen LogP contribution < -0.4 is 10.5 Å². The number of benzene rings is 2. The molecule has 4 nitrogen and oxygen atoms in total. The van der Waals surface area contributed by atoms with Gasteiger partial charge in [-0.25, -0.2) is 4.79 Å². The first kappa shape index (κ1) is 16.9. The molecule has 1 saturated heterocycles. The van der Waals surface area contributed by atoms with E-state index >= 15 is 0 Å². The van der Waals surface area contributed by atoms with Crippen molar-refractivity contribution in [2.75, 3.05) is 31.1 Å². The number of aryl methyl sites for hydroxylation is 2. The summed E-state index contributed by atoms with van der Waals surface area (Å²) < 4.78 is 5.50. The molecule has 1 fully saturated rings. The Morgan fingerprint density at radius 3 is 2.42 bits per heavy atom. The standard InChI is InChI=1S/C22H24N2O2/c1-16-8-9-20-18(14-21(25)26-22(20)17(16)2)15-23-10-12-24(13-11-23)19-6-4-3-5-7-19/h3-9,14H,10-13,15H2,1-2H3. The number of nitrogens with zero attached hydrogens (tertiary/aromatic N) is 2. The van der Waals surface area contributed by atoms with E-state index in [9.17, 15) is 4.79 Å². The minimum atomic E-state index is -0.260. The average molecular weight is 348 g/mol. The van der Waals surface area contributed by atoms with Gasteiger partial charge in [-0.15, -0.1) is 0 Å². The molecule has 4 heteroatoms. The van der Waals surface area contributed by atoms with Gasteiger partial charge in [0.05, 0.1) is 0 Å². The van der Waals surface area contributed by atoms with Gasteiger partial charge in [-0.2, -0.15) is 0 Å². The summed E-state index contributed by atoms with van der Waals surface area (Å²) in [5.41, 5.74) is 5.01. The van der Waals surface area contributed by atoms with E-state index in [4.69, 9.17) is 4.42 Å². The zero-order valence-electron chi connectivity index (χ0n) is 15.4. The van der Waals surface area contributed by atoms with Crippen molar-refractivity contribution in [3.05, 3.63) is 75.6 Å². The molecule has 2 aromatic carbocycles. The van der Waals surface area contributed by atoms with Crippen LogP contribution in [0, 0.1) is 13.8 Å². The minimum absolute atomic E-state index is 0.260. The maximum Gasteiger partial charge on any atom is 0.336 e. The molecular formula is C22H24N2O2. The summed E-state index contributed by atoms with van der Waals surface area (Å²) >= 11 is 0. The third-order valence-electron chi connectivity index (χ3n) is 5.40. The van der Waals surface area contributed by atoms with Crippen LogP contribution in [0.1, 0.15) is 16.7 Å². The molecule has 0 bridgehead atoms. The Hall–Kier alpha value is -2.59. The Balaban J connectivity index is 1.54. The second-order valence-corrected chi connectivity index (χ2v) is 7.07. The van der Waals surface area contributed by atoms with Crippen molar-refractivity contribution in [3.8, 4) is 0 Å². The van der Waals surface area contributed by atoms with Gasteiger partial charge in [0.1, 0.15) is 5.58 Å². The van der Waals surface area contributed by atoms with Crippen LogP contribution in [0.4, 0.5) is 5.69 Å². The smallest absolute Gasteiger partial charge is 0.336 e. The van der Waals surface area contributed by atoms with Gasteiger partial charge in [0.2, 0.25) is 0 Å². The van der Waals surface area contributed by atoms with Crippen molar-refractivity contribution in [2.45, 2.75) is 20.4 Å². The molecule has 26 heavy (non-hydrogen) atoms. The van der Waals surface area contributed by atoms with Crippen LogP contribution in [-0.2, 0) is 6.54 Å². The van der Waals surface area contributed by atoms with Gasteiger partial charge >= 0.3 is 5.63 Å². The lowest BCUT2D eigenvalue weighted by Gasteiger charge is -2.36. The fourth-order valence-electron chi connectivity index (χ4n) is 3.70. The number of fused-ring (bicyclic) bond motifs is 1. The lowest BCUT2D eigenvalue weighted by molar-refractivity contribution is 0.250. The van der Waals surface area contributed by atoms with Crippen molar-refractivity contribution in [1.82, 2.24) is 4.90 Å². The van der Waals surface area contributed by atoms with Crippen LogP contribution in [0.2, 0.25) is 0 Å². The van der Waals surface area contributed by atoms with E-state index in [1.165, 1.54) is 5.69 Å². The highest BCUT2D eigenvalue weighted by Gasteiger charge is 2.19. The molecule has 2 heterocycles. The van der Waals surface area contributed by atoms with Crippen LogP contribution in [0.15, 0.2) is 57.7 Å². The highest BCUT2D eigenvalue weighted by Crippen LogP contribution is 2.25. The minimum Gasteiger partial charge on any atom is -0.422 e. The molecule has 0 unspecified atom stereocenters. The number of rotatable bonds is 3. The maximum absolute atomic E-state index is 12.1. The zero-order chi connectivity index (χ0) is 18.1. The first-order valence-corrected chi connectivity index (χ1v) is 9.17. The largest absolute Gasteiger partial charge is 0.422 e. The van der Waals surface area contributed by atoms with Crippen LogP contribution in [0.5, 0.6) is 0 Å². The second kappa shape index (κ2) is 6.96. The molecule has 1 aromatic heterocycles. The lowest BCUT2D eigenvalue weighted by atomic mass is 10.0. The van der Waals surface area contributed by atoms with Crippen molar-refractivity contribution >= 4 is 16.7 Å². The molecule has 4 rings (SSSR count). The van der Waals surface area contributed by atoms with Gasteiger partial charge in [0, 0.05) is 49.9 Å². The van der Waals surface area contributed by atoms with Crippen molar-refractivity contribution in [2.24, 2.45) is 0 Å². The summed E-state index contributed by atoms with van der Waals surface area (Å²) in [4.78, 5) is 16.9. The molecule has 1 aliphatic heterocycles. The molecule has 0 atom stereocenters. The fraction of sp³-hybridized carbons (Fsp3) is 0.318. The Bertz CT molecular complexity index is 971. The van der Waals surface area contributed by atoms with E-state index in [0.717, 1.165) is 60.4 Å². The summed E-state index contributed by atoms with van der Waals surface area (Å²) in [6.45, 7) is 8.83. The monoisotopic (exact) mass is 348 g/mol. The lowest BCUT2D eigenvalue weighted by Crippen LogP contribution is -2.46. The summed E-state index contributed by atoms with van der Waals surface area (Å²) in [7, 11) is 0. The SMILES string of the molecule is Cc1ccc2c(CN3CCN(c4ccccc4)CC3)cc(=O)oc2c1C. The third-order valence-corrected chi connectivity index (χ3v) is 5.40. The van der Waals surface area contributed by atoms with Crippen LogP contribution in [0.3, 0.4) is 0 Å². The van der Waals surface area contributed by atoms with Gasteiger partial charge < -0.3 is 9.32 Å². The topological polar surface area (TPSA) is 36.7 Å². The van der Waals surface area contributed by atoms with Crippen LogP contribution in [-0.4, -0.2) is 31.1 Å². The molecule has 0 radical (unpaired) electrons. The number of anilines is 1. The van der Waals surface area contributed by atoms with E-state index in [1.54, 1.807) is 6.07 Å². The van der Waals surface area contributed by atoms with Crippen molar-refractivity contribution in [1.29, 1.82) is 0 Å². The molecule has 0 saturated carbocycles. The van der Waals surface area contributed by atoms with Crippen LogP contribution in [0.25, 0.3) is 11.0 Å².